The molecule has 0 spiro atoms. The topological polar surface area (TPSA) is 51.2 Å². The molecule has 0 saturated heterocycles. The second kappa shape index (κ2) is 3.05. The van der Waals surface area contributed by atoms with E-state index in [1.54, 1.807) is 0 Å². The summed E-state index contributed by atoms with van der Waals surface area (Å²) in [6.07, 6.45) is 0.850. The number of aryl methyl sites for hydroxylation is 1. The monoisotopic (exact) mass is 178 g/mol. The van der Waals surface area contributed by atoms with Crippen LogP contribution in [0.1, 0.15) is 12.6 Å². The van der Waals surface area contributed by atoms with E-state index in [9.17, 15) is 4.79 Å². The molecule has 0 radical (unpaired) electrons. The van der Waals surface area contributed by atoms with Crippen molar-refractivity contribution in [1.29, 1.82) is 0 Å². The predicted octanol–water partition coefficient (Wildman–Crippen LogP) is 0.975. The van der Waals surface area contributed by atoms with Crippen LogP contribution >= 0.6 is 0 Å². The molecule has 1 aromatic heterocycles. The van der Waals surface area contributed by atoms with Crippen LogP contribution in [-0.2, 0) is 11.2 Å². The Morgan fingerprint density at radius 3 is 3.23 bits per heavy atom. The van der Waals surface area contributed by atoms with Crippen molar-refractivity contribution in [3.63, 3.8) is 0 Å². The molecular formula is C9H10N2O2. The van der Waals surface area contributed by atoms with Gasteiger partial charge in [-0.25, -0.2) is 4.98 Å². The third-order valence-electron chi connectivity index (χ3n) is 1.89. The zero-order valence-electron chi connectivity index (χ0n) is 7.33. The molecule has 0 atom stereocenters. The van der Waals surface area contributed by atoms with Crippen molar-refractivity contribution in [3.05, 3.63) is 17.8 Å². The fourth-order valence-corrected chi connectivity index (χ4v) is 1.20. The molecule has 1 aliphatic heterocycles. The molecule has 2 heterocycles. The van der Waals surface area contributed by atoms with E-state index < -0.39 is 0 Å². The highest BCUT2D eigenvalue weighted by atomic mass is 16.5. The Bertz CT molecular complexity index is 349. The van der Waals surface area contributed by atoms with E-state index in [2.05, 4.69) is 10.3 Å². The van der Waals surface area contributed by atoms with E-state index >= 15 is 0 Å². The minimum Gasteiger partial charge on any atom is -0.480 e. The minimum atomic E-state index is -0.145. The summed E-state index contributed by atoms with van der Waals surface area (Å²) >= 11 is 0. The smallest absolute Gasteiger partial charge is 0.263 e. The van der Waals surface area contributed by atoms with Crippen molar-refractivity contribution < 1.29 is 9.53 Å². The molecule has 1 aliphatic rings. The van der Waals surface area contributed by atoms with Crippen molar-refractivity contribution in [1.82, 2.24) is 4.98 Å². The maximum atomic E-state index is 10.9. The molecule has 0 fully saturated rings. The molecule has 68 valence electrons. The van der Waals surface area contributed by atoms with E-state index in [1.807, 2.05) is 19.1 Å². The Kier molecular flexibility index (Phi) is 1.88. The average Bonchev–Trinajstić information content (AvgIpc) is 2.16. The first kappa shape index (κ1) is 8.04. The maximum Gasteiger partial charge on any atom is 0.263 e. The highest BCUT2D eigenvalue weighted by Gasteiger charge is 2.16. The zero-order valence-corrected chi connectivity index (χ0v) is 7.33. The van der Waals surface area contributed by atoms with Crippen LogP contribution in [0.25, 0.3) is 0 Å². The van der Waals surface area contributed by atoms with E-state index in [1.165, 1.54) is 0 Å². The molecule has 2 rings (SSSR count). The predicted molar refractivity (Wildman–Crippen MR) is 47.7 cm³/mol. The Morgan fingerprint density at radius 2 is 2.46 bits per heavy atom. The normalized spacial score (nSPS) is 14.4. The lowest BCUT2D eigenvalue weighted by molar-refractivity contribution is -0.118. The van der Waals surface area contributed by atoms with Crippen molar-refractivity contribution >= 4 is 11.7 Å². The fraction of sp³-hybridized carbons (Fsp3) is 0.333. The minimum absolute atomic E-state index is 0.0835. The number of aromatic nitrogens is 1. The summed E-state index contributed by atoms with van der Waals surface area (Å²) in [6.45, 7) is 2.10. The number of carbonyl (C=O) groups excluding carboxylic acids is 1. The first-order chi connectivity index (χ1) is 6.29. The van der Waals surface area contributed by atoms with Gasteiger partial charge < -0.3 is 10.1 Å². The molecule has 4 nitrogen and oxygen atoms in total. The number of nitrogens with one attached hydrogen (secondary N) is 1. The van der Waals surface area contributed by atoms with Gasteiger partial charge in [0.1, 0.15) is 0 Å². The quantitative estimate of drug-likeness (QED) is 0.697. The van der Waals surface area contributed by atoms with Crippen LogP contribution in [0.4, 0.5) is 5.82 Å². The van der Waals surface area contributed by atoms with Gasteiger partial charge in [0.15, 0.2) is 18.2 Å². The Balaban J connectivity index is 2.38. The number of hydrogen-bond donors (Lipinski definition) is 1. The molecule has 1 aromatic rings. The molecule has 1 amide bonds. The van der Waals surface area contributed by atoms with Gasteiger partial charge in [-0.3, -0.25) is 4.79 Å². The van der Waals surface area contributed by atoms with Crippen LogP contribution < -0.4 is 10.1 Å². The van der Waals surface area contributed by atoms with Crippen LogP contribution in [0.5, 0.6) is 5.75 Å². The number of nitrogens with zero attached hydrogens (tertiary/aromatic N) is 1. The third kappa shape index (κ3) is 1.47. The molecule has 13 heavy (non-hydrogen) atoms. The van der Waals surface area contributed by atoms with E-state index in [0.717, 1.165) is 12.1 Å². The molecule has 0 aromatic carbocycles. The second-order valence-corrected chi connectivity index (χ2v) is 2.84. The highest BCUT2D eigenvalue weighted by molar-refractivity contribution is 5.94. The van der Waals surface area contributed by atoms with Gasteiger partial charge in [0.2, 0.25) is 0 Å². The Hall–Kier alpha value is -1.58. The van der Waals surface area contributed by atoms with Crippen LogP contribution in [0.15, 0.2) is 12.1 Å². The van der Waals surface area contributed by atoms with E-state index in [-0.39, 0.29) is 12.5 Å². The van der Waals surface area contributed by atoms with Crippen LogP contribution in [0.3, 0.4) is 0 Å². The molecule has 1 N–H and O–H groups in total. The first-order valence-electron chi connectivity index (χ1n) is 4.22. The van der Waals surface area contributed by atoms with Gasteiger partial charge in [0.25, 0.3) is 5.91 Å². The lowest BCUT2D eigenvalue weighted by Crippen LogP contribution is -2.26. The van der Waals surface area contributed by atoms with Crippen molar-refractivity contribution in [2.45, 2.75) is 13.3 Å². The van der Waals surface area contributed by atoms with Crippen LogP contribution in [0, 0.1) is 0 Å². The number of hydrogen-bond acceptors (Lipinski definition) is 3. The fourth-order valence-electron chi connectivity index (χ4n) is 1.20. The van der Waals surface area contributed by atoms with Crippen molar-refractivity contribution in [3.8, 4) is 5.75 Å². The summed E-state index contributed by atoms with van der Waals surface area (Å²) in [5.74, 6) is 1.04. The molecular weight excluding hydrogens is 168 g/mol. The molecule has 0 aliphatic carbocycles. The number of pyridine rings is 1. The molecule has 0 saturated carbocycles. The van der Waals surface area contributed by atoms with Gasteiger partial charge in [-0.2, -0.15) is 0 Å². The van der Waals surface area contributed by atoms with Gasteiger partial charge >= 0.3 is 0 Å². The SMILES string of the molecule is CCc1ccc2c(n1)NC(=O)CO2. The van der Waals surface area contributed by atoms with Gasteiger partial charge in [0.05, 0.1) is 0 Å². The molecule has 0 bridgehead atoms. The number of carbonyl (C=O) groups is 1. The number of anilines is 1. The summed E-state index contributed by atoms with van der Waals surface area (Å²) in [7, 11) is 0. The van der Waals surface area contributed by atoms with Gasteiger partial charge in [-0.1, -0.05) is 6.92 Å². The number of rotatable bonds is 1. The number of amides is 1. The largest absolute Gasteiger partial charge is 0.480 e. The standard InChI is InChI=1S/C9H10N2O2/c1-2-6-3-4-7-9(10-6)11-8(12)5-13-7/h3-4H,2,5H2,1H3,(H,10,11,12). The summed E-state index contributed by atoms with van der Waals surface area (Å²) in [5.41, 5.74) is 0.949. The summed E-state index contributed by atoms with van der Waals surface area (Å²) < 4.78 is 5.16. The number of fused-ring (bicyclic) bond motifs is 1. The highest BCUT2D eigenvalue weighted by Crippen LogP contribution is 2.25. The summed E-state index contributed by atoms with van der Waals surface area (Å²) in [4.78, 5) is 15.2. The van der Waals surface area contributed by atoms with Gasteiger partial charge in [-0.05, 0) is 18.6 Å². The zero-order chi connectivity index (χ0) is 9.26. The van der Waals surface area contributed by atoms with Gasteiger partial charge in [0, 0.05) is 5.69 Å². The number of ether oxygens (including phenoxy) is 1. The van der Waals surface area contributed by atoms with Crippen LogP contribution in [-0.4, -0.2) is 17.5 Å². The lowest BCUT2D eigenvalue weighted by Gasteiger charge is -2.16. The first-order valence-corrected chi connectivity index (χ1v) is 4.22. The van der Waals surface area contributed by atoms with E-state index in [0.29, 0.717) is 11.6 Å². The third-order valence-corrected chi connectivity index (χ3v) is 1.89. The van der Waals surface area contributed by atoms with E-state index in [4.69, 9.17) is 4.74 Å². The Labute approximate surface area is 75.9 Å². The average molecular weight is 178 g/mol. The lowest BCUT2D eigenvalue weighted by atomic mass is 10.2. The maximum absolute atomic E-state index is 10.9. The molecule has 0 unspecified atom stereocenters. The summed E-state index contributed by atoms with van der Waals surface area (Å²) in [6, 6.07) is 3.73. The summed E-state index contributed by atoms with van der Waals surface area (Å²) in [5, 5.41) is 2.66. The van der Waals surface area contributed by atoms with Crippen LogP contribution in [0.2, 0.25) is 0 Å². The van der Waals surface area contributed by atoms with Crippen molar-refractivity contribution in [2.75, 3.05) is 11.9 Å². The molecule has 4 heteroatoms. The van der Waals surface area contributed by atoms with Crippen molar-refractivity contribution in [2.24, 2.45) is 0 Å². The second-order valence-electron chi connectivity index (χ2n) is 2.84. The van der Waals surface area contributed by atoms with Gasteiger partial charge in [-0.15, -0.1) is 0 Å². The Morgan fingerprint density at radius 1 is 1.62 bits per heavy atom.